The molecule has 15 heavy (non-hydrogen) atoms. The molecule has 2 aliphatic rings. The third kappa shape index (κ3) is 1.59. The second kappa shape index (κ2) is 3.63. The monoisotopic (exact) mass is 209 g/mol. The molecular weight excluding hydrogens is 190 g/mol. The molecule has 0 heterocycles. The van der Waals surface area contributed by atoms with Crippen molar-refractivity contribution < 1.29 is 9.90 Å². The van der Waals surface area contributed by atoms with Crippen LogP contribution in [0.15, 0.2) is 12.7 Å². The molecule has 2 aliphatic carbocycles. The van der Waals surface area contributed by atoms with Gasteiger partial charge in [-0.15, -0.1) is 6.58 Å². The van der Waals surface area contributed by atoms with Gasteiger partial charge >= 0.3 is 5.97 Å². The molecule has 0 saturated heterocycles. The molecule has 0 unspecified atom stereocenters. The van der Waals surface area contributed by atoms with Crippen LogP contribution in [0.1, 0.15) is 25.7 Å². The lowest BCUT2D eigenvalue weighted by Crippen LogP contribution is -2.51. The third-order valence-corrected chi connectivity index (χ3v) is 4.43. The lowest BCUT2D eigenvalue weighted by Gasteiger charge is -2.51. The number of hydrogen-bond donors (Lipinski definition) is 2. The normalized spacial score (nSPS) is 43.1. The van der Waals surface area contributed by atoms with Gasteiger partial charge in [0.2, 0.25) is 0 Å². The smallest absolute Gasteiger partial charge is 0.303 e. The van der Waals surface area contributed by atoms with E-state index in [-0.39, 0.29) is 11.8 Å². The molecule has 2 fully saturated rings. The average molecular weight is 209 g/mol. The van der Waals surface area contributed by atoms with E-state index in [1.165, 1.54) is 6.42 Å². The fraction of sp³-hybridized carbons (Fsp3) is 0.750. The first-order chi connectivity index (χ1) is 7.11. The van der Waals surface area contributed by atoms with Crippen LogP contribution in [0.2, 0.25) is 0 Å². The number of hydrogen-bond acceptors (Lipinski definition) is 2. The highest BCUT2D eigenvalue weighted by Gasteiger charge is 2.56. The van der Waals surface area contributed by atoms with Gasteiger partial charge in [0.25, 0.3) is 0 Å². The summed E-state index contributed by atoms with van der Waals surface area (Å²) in [6.45, 7) is 4.34. The van der Waals surface area contributed by atoms with Gasteiger partial charge in [-0.05, 0) is 49.0 Å². The minimum Gasteiger partial charge on any atom is -0.481 e. The molecule has 0 aromatic carbocycles. The molecule has 2 rings (SSSR count). The van der Waals surface area contributed by atoms with Crippen LogP contribution in [0.5, 0.6) is 0 Å². The van der Waals surface area contributed by atoms with E-state index < -0.39 is 5.97 Å². The maximum Gasteiger partial charge on any atom is 0.303 e. The number of carbonyl (C=O) groups is 1. The minimum absolute atomic E-state index is 0.103. The van der Waals surface area contributed by atoms with Crippen molar-refractivity contribution in [2.75, 3.05) is 6.54 Å². The van der Waals surface area contributed by atoms with Gasteiger partial charge in [-0.1, -0.05) is 6.08 Å². The molecular formula is C12H19NO2. The SMILES string of the molecule is C=C[C@H]1C[C@H]2C[C@@](CN)(CC(=O)O)[C@H]2C1. The fourth-order valence-electron chi connectivity index (χ4n) is 3.66. The molecule has 3 N–H and O–H groups in total. The Morgan fingerprint density at radius 2 is 2.33 bits per heavy atom. The molecule has 0 aliphatic heterocycles. The molecule has 3 nitrogen and oxygen atoms in total. The molecule has 0 aromatic heterocycles. The second-order valence-corrected chi connectivity index (χ2v) is 5.17. The van der Waals surface area contributed by atoms with E-state index in [0.717, 1.165) is 12.8 Å². The van der Waals surface area contributed by atoms with E-state index in [0.29, 0.717) is 24.3 Å². The number of fused-ring (bicyclic) bond motifs is 1. The first-order valence-electron chi connectivity index (χ1n) is 5.66. The Morgan fingerprint density at radius 3 is 2.87 bits per heavy atom. The summed E-state index contributed by atoms with van der Waals surface area (Å²) < 4.78 is 0. The zero-order valence-corrected chi connectivity index (χ0v) is 8.98. The highest BCUT2D eigenvalue weighted by molar-refractivity contribution is 5.68. The zero-order valence-electron chi connectivity index (χ0n) is 8.98. The van der Waals surface area contributed by atoms with Crippen LogP contribution in [0, 0.1) is 23.2 Å². The summed E-state index contributed by atoms with van der Waals surface area (Å²) in [6, 6.07) is 0. The van der Waals surface area contributed by atoms with E-state index in [9.17, 15) is 4.79 Å². The van der Waals surface area contributed by atoms with Crippen molar-refractivity contribution in [1.82, 2.24) is 0 Å². The van der Waals surface area contributed by atoms with Crippen molar-refractivity contribution in [3.8, 4) is 0 Å². The average Bonchev–Trinajstić information content (AvgIpc) is 2.53. The highest BCUT2D eigenvalue weighted by Crippen LogP contribution is 2.61. The van der Waals surface area contributed by atoms with Crippen LogP contribution >= 0.6 is 0 Å². The Bertz CT molecular complexity index is 289. The Kier molecular flexibility index (Phi) is 2.59. The number of nitrogens with two attached hydrogens (primary N) is 1. The van der Waals surface area contributed by atoms with Gasteiger partial charge in [0, 0.05) is 0 Å². The predicted molar refractivity (Wildman–Crippen MR) is 58.3 cm³/mol. The van der Waals surface area contributed by atoms with Crippen molar-refractivity contribution >= 4 is 5.97 Å². The van der Waals surface area contributed by atoms with Gasteiger partial charge < -0.3 is 10.8 Å². The van der Waals surface area contributed by atoms with Crippen molar-refractivity contribution in [3.05, 3.63) is 12.7 Å². The maximum absolute atomic E-state index is 10.8. The van der Waals surface area contributed by atoms with Crippen LogP contribution in [-0.4, -0.2) is 17.6 Å². The second-order valence-electron chi connectivity index (χ2n) is 5.17. The summed E-state index contributed by atoms with van der Waals surface area (Å²) in [5.41, 5.74) is 5.67. The number of carboxylic acid groups (broad SMARTS) is 1. The highest BCUT2D eigenvalue weighted by atomic mass is 16.4. The summed E-state index contributed by atoms with van der Waals surface area (Å²) in [6.07, 6.45) is 5.55. The van der Waals surface area contributed by atoms with Crippen molar-refractivity contribution in [2.45, 2.75) is 25.7 Å². The quantitative estimate of drug-likeness (QED) is 0.692. The Morgan fingerprint density at radius 1 is 1.60 bits per heavy atom. The summed E-state index contributed by atoms with van der Waals surface area (Å²) in [7, 11) is 0. The largest absolute Gasteiger partial charge is 0.481 e. The predicted octanol–water partition coefficient (Wildman–Crippen LogP) is 1.64. The Hall–Kier alpha value is -0.830. The van der Waals surface area contributed by atoms with Gasteiger partial charge in [0.1, 0.15) is 0 Å². The van der Waals surface area contributed by atoms with Crippen molar-refractivity contribution in [1.29, 1.82) is 0 Å². The van der Waals surface area contributed by atoms with Gasteiger partial charge in [-0.25, -0.2) is 0 Å². The summed E-state index contributed by atoms with van der Waals surface area (Å²) in [4.78, 5) is 10.8. The first kappa shape index (κ1) is 10.7. The Labute approximate surface area is 90.3 Å². The summed E-state index contributed by atoms with van der Waals surface area (Å²) in [5.74, 6) is 1.11. The van der Waals surface area contributed by atoms with E-state index >= 15 is 0 Å². The molecule has 4 atom stereocenters. The van der Waals surface area contributed by atoms with Gasteiger partial charge in [-0.2, -0.15) is 0 Å². The third-order valence-electron chi connectivity index (χ3n) is 4.43. The van der Waals surface area contributed by atoms with E-state index in [1.807, 2.05) is 6.08 Å². The van der Waals surface area contributed by atoms with Crippen LogP contribution in [-0.2, 0) is 4.79 Å². The molecule has 0 radical (unpaired) electrons. The minimum atomic E-state index is -0.707. The maximum atomic E-state index is 10.8. The molecule has 0 bridgehead atoms. The van der Waals surface area contributed by atoms with Crippen LogP contribution in [0.4, 0.5) is 0 Å². The summed E-state index contributed by atoms with van der Waals surface area (Å²) >= 11 is 0. The van der Waals surface area contributed by atoms with Gasteiger partial charge in [0.15, 0.2) is 0 Å². The Balaban J connectivity index is 2.06. The zero-order chi connectivity index (χ0) is 11.1. The first-order valence-corrected chi connectivity index (χ1v) is 5.66. The molecule has 84 valence electrons. The molecule has 3 heteroatoms. The number of rotatable bonds is 4. The lowest BCUT2D eigenvalue weighted by molar-refractivity contribution is -0.145. The van der Waals surface area contributed by atoms with E-state index in [2.05, 4.69) is 6.58 Å². The molecule has 0 aromatic rings. The number of allylic oxidation sites excluding steroid dienone is 1. The van der Waals surface area contributed by atoms with Crippen LogP contribution in [0.25, 0.3) is 0 Å². The lowest BCUT2D eigenvalue weighted by atomic mass is 9.53. The molecule has 0 amide bonds. The van der Waals surface area contributed by atoms with Crippen LogP contribution < -0.4 is 5.73 Å². The topological polar surface area (TPSA) is 63.3 Å². The standard InChI is InChI=1S/C12H19NO2/c1-2-8-3-9-5-12(7-13,6-11(14)15)10(9)4-8/h2,8-10H,1,3-7,13H2,(H,14,15)/t8-,9-,10-,12-/m0/s1. The van der Waals surface area contributed by atoms with Crippen LogP contribution in [0.3, 0.4) is 0 Å². The van der Waals surface area contributed by atoms with Crippen molar-refractivity contribution in [2.24, 2.45) is 28.9 Å². The molecule has 0 spiro atoms. The number of carboxylic acids is 1. The molecule has 2 saturated carbocycles. The van der Waals surface area contributed by atoms with Crippen molar-refractivity contribution in [3.63, 3.8) is 0 Å². The summed E-state index contributed by atoms with van der Waals surface area (Å²) in [5, 5.41) is 8.91. The van der Waals surface area contributed by atoms with E-state index in [4.69, 9.17) is 10.8 Å². The fourth-order valence-corrected chi connectivity index (χ4v) is 3.66. The number of aliphatic carboxylic acids is 1. The van der Waals surface area contributed by atoms with E-state index in [1.54, 1.807) is 0 Å². The van der Waals surface area contributed by atoms with Gasteiger partial charge in [0.05, 0.1) is 6.42 Å². The van der Waals surface area contributed by atoms with Gasteiger partial charge in [-0.3, -0.25) is 4.79 Å².